The standard InChI is InChI=1S/C11H19N3O2S/c1-8(2)9(3)14-17(15,16)10-5-6-13-11(7-10)12-4/h5-9,14H,1-4H3,(H,12,13). The van der Waals surface area contributed by atoms with Crippen molar-refractivity contribution in [2.45, 2.75) is 31.7 Å². The number of aromatic nitrogens is 1. The lowest BCUT2D eigenvalue weighted by atomic mass is 10.1. The van der Waals surface area contributed by atoms with Gasteiger partial charge in [-0.1, -0.05) is 13.8 Å². The number of hydrogen-bond donors (Lipinski definition) is 2. The van der Waals surface area contributed by atoms with Crippen molar-refractivity contribution in [3.8, 4) is 0 Å². The molecule has 1 rings (SSSR count). The van der Waals surface area contributed by atoms with Gasteiger partial charge >= 0.3 is 0 Å². The van der Waals surface area contributed by atoms with E-state index in [2.05, 4.69) is 15.0 Å². The van der Waals surface area contributed by atoms with E-state index >= 15 is 0 Å². The van der Waals surface area contributed by atoms with Crippen LogP contribution in [0.15, 0.2) is 23.2 Å². The second-order valence-electron chi connectivity index (χ2n) is 4.28. The second kappa shape index (κ2) is 5.46. The minimum absolute atomic E-state index is 0.105. The Balaban J connectivity index is 2.97. The SMILES string of the molecule is CNc1cc(S(=O)(=O)NC(C)C(C)C)ccn1. The molecule has 2 N–H and O–H groups in total. The first-order chi connectivity index (χ1) is 7.86. The van der Waals surface area contributed by atoms with Crippen LogP contribution in [0, 0.1) is 5.92 Å². The van der Waals surface area contributed by atoms with Crippen molar-refractivity contribution in [3.05, 3.63) is 18.3 Å². The average Bonchev–Trinajstić information content (AvgIpc) is 2.28. The van der Waals surface area contributed by atoms with Crippen molar-refractivity contribution in [1.82, 2.24) is 9.71 Å². The summed E-state index contributed by atoms with van der Waals surface area (Å²) < 4.78 is 26.7. The summed E-state index contributed by atoms with van der Waals surface area (Å²) in [4.78, 5) is 4.21. The molecule has 5 nitrogen and oxygen atoms in total. The maximum Gasteiger partial charge on any atom is 0.241 e. The highest BCUT2D eigenvalue weighted by atomic mass is 32.2. The van der Waals surface area contributed by atoms with E-state index in [1.165, 1.54) is 18.3 Å². The highest BCUT2D eigenvalue weighted by molar-refractivity contribution is 7.89. The molecule has 17 heavy (non-hydrogen) atoms. The van der Waals surface area contributed by atoms with Crippen molar-refractivity contribution in [3.63, 3.8) is 0 Å². The van der Waals surface area contributed by atoms with E-state index in [1.54, 1.807) is 7.05 Å². The predicted molar refractivity (Wildman–Crippen MR) is 68.4 cm³/mol. The quantitative estimate of drug-likeness (QED) is 0.837. The molecule has 1 unspecified atom stereocenters. The second-order valence-corrected chi connectivity index (χ2v) is 5.99. The zero-order valence-electron chi connectivity index (χ0n) is 10.6. The lowest BCUT2D eigenvalue weighted by molar-refractivity contribution is 0.476. The molecule has 0 aliphatic carbocycles. The summed E-state index contributed by atoms with van der Waals surface area (Å²) in [6.07, 6.45) is 1.47. The van der Waals surface area contributed by atoms with Crippen LogP contribution in [0.25, 0.3) is 0 Å². The molecule has 0 aromatic carbocycles. The maximum atomic E-state index is 12.0. The van der Waals surface area contributed by atoms with Crippen LogP contribution in [0.4, 0.5) is 5.82 Å². The number of anilines is 1. The topological polar surface area (TPSA) is 71.1 Å². The third-order valence-corrected chi connectivity index (χ3v) is 4.20. The van der Waals surface area contributed by atoms with Crippen molar-refractivity contribution < 1.29 is 8.42 Å². The van der Waals surface area contributed by atoms with E-state index in [0.29, 0.717) is 5.82 Å². The fourth-order valence-corrected chi connectivity index (χ4v) is 2.57. The third kappa shape index (κ3) is 3.67. The van der Waals surface area contributed by atoms with Gasteiger partial charge in [0.2, 0.25) is 10.0 Å². The van der Waals surface area contributed by atoms with Gasteiger partial charge in [0.25, 0.3) is 0 Å². The molecular formula is C11H19N3O2S. The van der Waals surface area contributed by atoms with Gasteiger partial charge in [-0.25, -0.2) is 18.1 Å². The van der Waals surface area contributed by atoms with Gasteiger partial charge in [-0.05, 0) is 18.9 Å². The molecule has 0 radical (unpaired) electrons. The van der Waals surface area contributed by atoms with Crippen LogP contribution in [-0.4, -0.2) is 26.5 Å². The Hall–Kier alpha value is -1.14. The maximum absolute atomic E-state index is 12.0. The Labute approximate surface area is 103 Å². The Kier molecular flexibility index (Phi) is 4.47. The molecule has 1 heterocycles. The molecule has 6 heteroatoms. The Morgan fingerprint density at radius 2 is 1.94 bits per heavy atom. The first-order valence-electron chi connectivity index (χ1n) is 5.53. The van der Waals surface area contributed by atoms with Crippen LogP contribution in [0.1, 0.15) is 20.8 Å². The largest absolute Gasteiger partial charge is 0.373 e. The molecule has 1 aromatic heterocycles. The number of nitrogens with one attached hydrogen (secondary N) is 2. The molecule has 0 spiro atoms. The summed E-state index contributed by atoms with van der Waals surface area (Å²) in [5.74, 6) is 0.778. The summed E-state index contributed by atoms with van der Waals surface area (Å²) >= 11 is 0. The summed E-state index contributed by atoms with van der Waals surface area (Å²) in [5, 5.41) is 2.81. The van der Waals surface area contributed by atoms with E-state index < -0.39 is 10.0 Å². The lowest BCUT2D eigenvalue weighted by Crippen LogP contribution is -2.36. The first kappa shape index (κ1) is 13.9. The summed E-state index contributed by atoms with van der Waals surface area (Å²) in [5.41, 5.74) is 0. The van der Waals surface area contributed by atoms with Crippen LogP contribution < -0.4 is 10.0 Å². The molecular weight excluding hydrogens is 238 g/mol. The molecule has 0 saturated heterocycles. The van der Waals surface area contributed by atoms with Crippen molar-refractivity contribution in [1.29, 1.82) is 0 Å². The summed E-state index contributed by atoms with van der Waals surface area (Å²) in [6.45, 7) is 5.79. The lowest BCUT2D eigenvalue weighted by Gasteiger charge is -2.17. The van der Waals surface area contributed by atoms with E-state index in [0.717, 1.165) is 0 Å². The highest BCUT2D eigenvalue weighted by Gasteiger charge is 2.19. The van der Waals surface area contributed by atoms with Gasteiger partial charge in [0.15, 0.2) is 0 Å². The predicted octanol–water partition coefficient (Wildman–Crippen LogP) is 1.45. The summed E-state index contributed by atoms with van der Waals surface area (Å²) in [6, 6.07) is 2.89. The Morgan fingerprint density at radius 1 is 1.29 bits per heavy atom. The number of pyridine rings is 1. The van der Waals surface area contributed by atoms with Crippen molar-refractivity contribution in [2.24, 2.45) is 5.92 Å². The van der Waals surface area contributed by atoms with Gasteiger partial charge in [-0.15, -0.1) is 0 Å². The normalized spacial score (nSPS) is 13.7. The van der Waals surface area contributed by atoms with Gasteiger partial charge in [0, 0.05) is 25.4 Å². The molecule has 0 aliphatic rings. The smallest absolute Gasteiger partial charge is 0.241 e. The molecule has 0 fully saturated rings. The van der Waals surface area contributed by atoms with Crippen LogP contribution in [0.2, 0.25) is 0 Å². The molecule has 1 aromatic rings. The number of sulfonamides is 1. The molecule has 1 atom stereocenters. The van der Waals surface area contributed by atoms with E-state index in [4.69, 9.17) is 0 Å². The van der Waals surface area contributed by atoms with Gasteiger partial charge < -0.3 is 5.32 Å². The highest BCUT2D eigenvalue weighted by Crippen LogP contribution is 2.13. The monoisotopic (exact) mass is 257 g/mol. The van der Waals surface area contributed by atoms with E-state index in [-0.39, 0.29) is 16.9 Å². The van der Waals surface area contributed by atoms with Gasteiger partial charge in [0.1, 0.15) is 5.82 Å². The minimum Gasteiger partial charge on any atom is -0.373 e. The molecule has 0 aliphatic heterocycles. The Morgan fingerprint density at radius 3 is 2.47 bits per heavy atom. The van der Waals surface area contributed by atoms with Crippen molar-refractivity contribution >= 4 is 15.8 Å². The zero-order valence-corrected chi connectivity index (χ0v) is 11.4. The summed E-state index contributed by atoms with van der Waals surface area (Å²) in [7, 11) is -1.77. The fourth-order valence-electron chi connectivity index (χ4n) is 1.16. The number of nitrogens with zero attached hydrogens (tertiary/aromatic N) is 1. The molecule has 96 valence electrons. The number of hydrogen-bond acceptors (Lipinski definition) is 4. The van der Waals surface area contributed by atoms with Crippen LogP contribution in [-0.2, 0) is 10.0 Å². The zero-order chi connectivity index (χ0) is 13.1. The average molecular weight is 257 g/mol. The number of rotatable bonds is 5. The van der Waals surface area contributed by atoms with Crippen LogP contribution in [0.5, 0.6) is 0 Å². The van der Waals surface area contributed by atoms with E-state index in [1.807, 2.05) is 20.8 Å². The minimum atomic E-state index is -3.47. The fraction of sp³-hybridized carbons (Fsp3) is 0.545. The first-order valence-corrected chi connectivity index (χ1v) is 7.01. The Bertz CT molecular complexity index is 471. The van der Waals surface area contributed by atoms with E-state index in [9.17, 15) is 8.42 Å². The van der Waals surface area contributed by atoms with Gasteiger partial charge in [-0.2, -0.15) is 0 Å². The molecule has 0 bridgehead atoms. The van der Waals surface area contributed by atoms with Crippen molar-refractivity contribution in [2.75, 3.05) is 12.4 Å². The van der Waals surface area contributed by atoms with Crippen LogP contribution in [0.3, 0.4) is 0 Å². The molecule has 0 saturated carbocycles. The molecule has 0 amide bonds. The van der Waals surface area contributed by atoms with Crippen LogP contribution >= 0.6 is 0 Å². The van der Waals surface area contributed by atoms with Gasteiger partial charge in [0.05, 0.1) is 4.90 Å². The third-order valence-electron chi connectivity index (χ3n) is 2.64. The van der Waals surface area contributed by atoms with Gasteiger partial charge in [-0.3, -0.25) is 0 Å².